The van der Waals surface area contributed by atoms with Crippen molar-refractivity contribution in [1.82, 2.24) is 5.32 Å². The number of carbonyl (C=O) groups excluding carboxylic acids is 2. The van der Waals surface area contributed by atoms with Crippen LogP contribution in [0.2, 0.25) is 0 Å². The van der Waals surface area contributed by atoms with E-state index in [1.54, 1.807) is 30.0 Å². The van der Waals surface area contributed by atoms with Gasteiger partial charge in [0.1, 0.15) is 11.8 Å². The first kappa shape index (κ1) is 21.7. The molecule has 0 spiro atoms. The summed E-state index contributed by atoms with van der Waals surface area (Å²) in [4.78, 5) is 25.1. The average Bonchev–Trinajstić information content (AvgIpc) is 2.66. The highest BCUT2D eigenvalue weighted by molar-refractivity contribution is 7.98. The molecule has 1 unspecified atom stereocenters. The number of aryl methyl sites for hydroxylation is 1. The molecular formula is C20H22F2N2O3S. The maximum Gasteiger partial charge on any atom is 0.387 e. The van der Waals surface area contributed by atoms with Crippen molar-refractivity contribution in [3.63, 3.8) is 0 Å². The van der Waals surface area contributed by atoms with Gasteiger partial charge in [-0.3, -0.25) is 9.59 Å². The molecule has 0 heterocycles. The van der Waals surface area contributed by atoms with Gasteiger partial charge in [-0.25, -0.2) is 0 Å². The van der Waals surface area contributed by atoms with Gasteiger partial charge < -0.3 is 15.4 Å². The minimum atomic E-state index is -2.91. The molecule has 0 saturated carbocycles. The number of nitrogens with one attached hydrogen (secondary N) is 2. The first-order chi connectivity index (χ1) is 13.4. The highest BCUT2D eigenvalue weighted by Crippen LogP contribution is 2.18. The number of rotatable bonds is 9. The Hall–Kier alpha value is -2.61. The number of carbonyl (C=O) groups is 2. The third-order valence-corrected chi connectivity index (χ3v) is 4.50. The molecule has 0 fully saturated rings. The highest BCUT2D eigenvalue weighted by Gasteiger charge is 2.21. The standard InChI is InChI=1S/C20H22F2N2O3S/c1-13-4-3-5-14(12-13)18(25)24-17(10-11-28-2)19(26)23-15-6-8-16(9-7-15)27-20(21)22/h3-9,12,17,20H,10-11H2,1-2H3,(H,23,26)(H,24,25). The normalized spacial score (nSPS) is 11.8. The van der Waals surface area contributed by atoms with Crippen LogP contribution in [0.25, 0.3) is 0 Å². The second kappa shape index (κ2) is 10.7. The van der Waals surface area contributed by atoms with Crippen molar-refractivity contribution in [2.24, 2.45) is 0 Å². The zero-order chi connectivity index (χ0) is 20.5. The zero-order valence-electron chi connectivity index (χ0n) is 15.6. The van der Waals surface area contributed by atoms with Crippen molar-refractivity contribution in [3.05, 3.63) is 59.7 Å². The van der Waals surface area contributed by atoms with Gasteiger partial charge in [0.05, 0.1) is 0 Å². The fraction of sp³-hybridized carbons (Fsp3) is 0.300. The molecule has 0 aliphatic rings. The number of anilines is 1. The van der Waals surface area contributed by atoms with Gasteiger partial charge in [-0.15, -0.1) is 0 Å². The van der Waals surface area contributed by atoms with E-state index in [0.717, 1.165) is 5.56 Å². The first-order valence-corrected chi connectivity index (χ1v) is 10.0. The smallest absolute Gasteiger partial charge is 0.387 e. The molecule has 8 heteroatoms. The molecule has 5 nitrogen and oxygen atoms in total. The third kappa shape index (κ3) is 6.84. The van der Waals surface area contributed by atoms with Crippen LogP contribution in [-0.4, -0.2) is 36.5 Å². The number of amides is 2. The molecule has 2 aromatic carbocycles. The summed E-state index contributed by atoms with van der Waals surface area (Å²) in [6.45, 7) is -1.02. The quantitative estimate of drug-likeness (QED) is 0.656. The Morgan fingerprint density at radius 3 is 2.46 bits per heavy atom. The molecule has 2 aromatic rings. The maximum absolute atomic E-state index is 12.6. The van der Waals surface area contributed by atoms with Crippen molar-refractivity contribution >= 4 is 29.3 Å². The van der Waals surface area contributed by atoms with Crippen LogP contribution in [0.3, 0.4) is 0 Å². The van der Waals surface area contributed by atoms with E-state index in [1.807, 2.05) is 19.2 Å². The van der Waals surface area contributed by atoms with E-state index in [0.29, 0.717) is 23.4 Å². The van der Waals surface area contributed by atoms with Gasteiger partial charge >= 0.3 is 6.61 Å². The highest BCUT2D eigenvalue weighted by atomic mass is 32.2. The summed E-state index contributed by atoms with van der Waals surface area (Å²) in [6.07, 6.45) is 2.37. The Morgan fingerprint density at radius 1 is 1.14 bits per heavy atom. The van der Waals surface area contributed by atoms with Crippen molar-refractivity contribution in [2.45, 2.75) is 26.0 Å². The predicted molar refractivity (Wildman–Crippen MR) is 107 cm³/mol. The molecule has 28 heavy (non-hydrogen) atoms. The Kier molecular flexibility index (Phi) is 8.25. The van der Waals surface area contributed by atoms with Gasteiger partial charge in [0.15, 0.2) is 0 Å². The molecule has 0 saturated heterocycles. The van der Waals surface area contributed by atoms with Crippen LogP contribution in [0.5, 0.6) is 5.75 Å². The summed E-state index contributed by atoms with van der Waals surface area (Å²) in [7, 11) is 0. The van der Waals surface area contributed by atoms with Crippen LogP contribution < -0.4 is 15.4 Å². The van der Waals surface area contributed by atoms with Crippen molar-refractivity contribution < 1.29 is 23.1 Å². The molecule has 150 valence electrons. The van der Waals surface area contributed by atoms with Gasteiger partial charge in [-0.2, -0.15) is 20.5 Å². The summed E-state index contributed by atoms with van der Waals surface area (Å²) in [6, 6.07) is 12.0. The molecule has 0 bridgehead atoms. The molecule has 0 aliphatic heterocycles. The predicted octanol–water partition coefficient (Wildman–Crippen LogP) is 4.09. The molecule has 0 aliphatic carbocycles. The Bertz CT molecular complexity index is 800. The molecule has 2 amide bonds. The molecule has 0 radical (unpaired) electrons. The van der Waals surface area contributed by atoms with Crippen LogP contribution in [-0.2, 0) is 4.79 Å². The van der Waals surface area contributed by atoms with Gasteiger partial charge in [0, 0.05) is 11.3 Å². The fourth-order valence-corrected chi connectivity index (χ4v) is 2.95. The van der Waals surface area contributed by atoms with E-state index in [-0.39, 0.29) is 17.6 Å². The van der Waals surface area contributed by atoms with Crippen molar-refractivity contribution in [2.75, 3.05) is 17.3 Å². The van der Waals surface area contributed by atoms with Gasteiger partial charge in [-0.05, 0) is 61.8 Å². The number of halogens is 2. The lowest BCUT2D eigenvalue weighted by Gasteiger charge is -2.18. The third-order valence-electron chi connectivity index (χ3n) is 3.86. The zero-order valence-corrected chi connectivity index (χ0v) is 16.4. The van der Waals surface area contributed by atoms with E-state index in [4.69, 9.17) is 0 Å². The summed E-state index contributed by atoms with van der Waals surface area (Å²) in [5.41, 5.74) is 1.85. The van der Waals surface area contributed by atoms with Gasteiger partial charge in [0.2, 0.25) is 5.91 Å². The number of alkyl halides is 2. The monoisotopic (exact) mass is 408 g/mol. The number of thioether (sulfide) groups is 1. The average molecular weight is 408 g/mol. The number of benzene rings is 2. The summed E-state index contributed by atoms with van der Waals surface area (Å²) in [5, 5.41) is 5.46. The Balaban J connectivity index is 2.04. The van der Waals surface area contributed by atoms with Crippen LogP contribution >= 0.6 is 11.8 Å². The van der Waals surface area contributed by atoms with Crippen LogP contribution in [0.15, 0.2) is 48.5 Å². The van der Waals surface area contributed by atoms with Gasteiger partial charge in [-0.1, -0.05) is 17.7 Å². The van der Waals surface area contributed by atoms with Crippen LogP contribution in [0, 0.1) is 6.92 Å². The summed E-state index contributed by atoms with van der Waals surface area (Å²) < 4.78 is 28.7. The molecule has 2 rings (SSSR count). The number of hydrogen-bond acceptors (Lipinski definition) is 4. The number of hydrogen-bond donors (Lipinski definition) is 2. The van der Waals surface area contributed by atoms with Crippen molar-refractivity contribution in [3.8, 4) is 5.75 Å². The van der Waals surface area contributed by atoms with E-state index < -0.39 is 12.7 Å². The van der Waals surface area contributed by atoms with E-state index in [2.05, 4.69) is 15.4 Å². The van der Waals surface area contributed by atoms with E-state index in [9.17, 15) is 18.4 Å². The van der Waals surface area contributed by atoms with Gasteiger partial charge in [0.25, 0.3) is 5.91 Å². The Labute approximate surface area is 166 Å². The maximum atomic E-state index is 12.6. The van der Waals surface area contributed by atoms with E-state index >= 15 is 0 Å². The lowest BCUT2D eigenvalue weighted by Crippen LogP contribution is -2.44. The van der Waals surface area contributed by atoms with E-state index in [1.165, 1.54) is 24.3 Å². The lowest BCUT2D eigenvalue weighted by molar-refractivity contribution is -0.118. The minimum Gasteiger partial charge on any atom is -0.435 e. The lowest BCUT2D eigenvalue weighted by atomic mass is 10.1. The topological polar surface area (TPSA) is 67.4 Å². The number of ether oxygens (including phenoxy) is 1. The molecule has 1 atom stereocenters. The van der Waals surface area contributed by atoms with Crippen molar-refractivity contribution in [1.29, 1.82) is 0 Å². The minimum absolute atomic E-state index is 0.000294. The second-order valence-corrected chi connectivity index (χ2v) is 7.05. The SMILES string of the molecule is CSCCC(NC(=O)c1cccc(C)c1)C(=O)Nc1ccc(OC(F)F)cc1. The molecule has 2 N–H and O–H groups in total. The summed E-state index contributed by atoms with van der Waals surface area (Å²) in [5.74, 6) is -0.0178. The molecular weight excluding hydrogens is 386 g/mol. The van der Waals surface area contributed by atoms with Crippen LogP contribution in [0.4, 0.5) is 14.5 Å². The largest absolute Gasteiger partial charge is 0.435 e. The first-order valence-electron chi connectivity index (χ1n) is 8.61. The summed E-state index contributed by atoms with van der Waals surface area (Å²) >= 11 is 1.57. The Morgan fingerprint density at radius 2 is 1.86 bits per heavy atom. The molecule has 0 aromatic heterocycles. The second-order valence-electron chi connectivity index (χ2n) is 6.07. The van der Waals surface area contributed by atoms with Crippen LogP contribution in [0.1, 0.15) is 22.3 Å². The fourth-order valence-electron chi connectivity index (χ4n) is 2.48.